The van der Waals surface area contributed by atoms with E-state index in [-0.39, 0.29) is 17.2 Å². The summed E-state index contributed by atoms with van der Waals surface area (Å²) in [5.74, 6) is 0.520. The van der Waals surface area contributed by atoms with Gasteiger partial charge in [0.2, 0.25) is 0 Å². The lowest BCUT2D eigenvalue weighted by Gasteiger charge is -2.18. The van der Waals surface area contributed by atoms with Crippen LogP contribution < -0.4 is 11.2 Å². The van der Waals surface area contributed by atoms with E-state index >= 15 is 0 Å². The molecule has 0 saturated carbocycles. The zero-order valence-corrected chi connectivity index (χ0v) is 18.4. The lowest BCUT2D eigenvalue weighted by Crippen LogP contribution is -2.26. The topological polar surface area (TPSA) is 65.1 Å². The quantitative estimate of drug-likeness (QED) is 0.246. The van der Waals surface area contributed by atoms with E-state index in [9.17, 15) is 9.59 Å². The maximum Gasteiger partial charge on any atom is 0.336 e. The van der Waals surface area contributed by atoms with Crippen molar-refractivity contribution in [1.29, 1.82) is 0 Å². The van der Waals surface area contributed by atoms with Crippen molar-refractivity contribution in [1.82, 2.24) is 9.55 Å². The van der Waals surface area contributed by atoms with Gasteiger partial charge in [-0.3, -0.25) is 9.36 Å². The van der Waals surface area contributed by atoms with Gasteiger partial charge in [-0.25, -0.2) is 9.78 Å². The Morgan fingerprint density at radius 1 is 1.10 bits per heavy atom. The van der Waals surface area contributed by atoms with Gasteiger partial charge < -0.3 is 4.42 Å². The Morgan fingerprint density at radius 2 is 1.87 bits per heavy atom. The maximum atomic E-state index is 13.2. The summed E-state index contributed by atoms with van der Waals surface area (Å²) in [4.78, 5) is 30.1. The first-order valence-electron chi connectivity index (χ1n) is 10.1. The Morgan fingerprint density at radius 3 is 2.63 bits per heavy atom. The molecule has 4 rings (SSSR count). The van der Waals surface area contributed by atoms with Gasteiger partial charge in [-0.05, 0) is 56.0 Å². The molecule has 4 aromatic rings. The van der Waals surface area contributed by atoms with E-state index in [0.717, 1.165) is 28.5 Å². The number of aryl methyl sites for hydroxylation is 2. The highest BCUT2D eigenvalue weighted by Crippen LogP contribution is 2.29. The van der Waals surface area contributed by atoms with Gasteiger partial charge in [-0.2, -0.15) is 0 Å². The summed E-state index contributed by atoms with van der Waals surface area (Å²) in [5.41, 5.74) is 3.86. The number of nitrogens with zero attached hydrogens (tertiary/aromatic N) is 2. The number of thioether (sulfide) groups is 1. The number of hydrogen-bond donors (Lipinski definition) is 0. The second-order valence-corrected chi connectivity index (χ2v) is 8.55. The summed E-state index contributed by atoms with van der Waals surface area (Å²) in [5, 5.41) is 2.21. The lowest BCUT2D eigenvalue weighted by atomic mass is 10.0. The van der Waals surface area contributed by atoms with E-state index in [1.54, 1.807) is 4.57 Å². The highest BCUT2D eigenvalue weighted by molar-refractivity contribution is 7.98. The summed E-state index contributed by atoms with van der Waals surface area (Å²) >= 11 is 1.48. The highest BCUT2D eigenvalue weighted by Gasteiger charge is 2.17. The minimum Gasteiger partial charge on any atom is -0.422 e. The summed E-state index contributed by atoms with van der Waals surface area (Å²) in [6.45, 7) is 8.05. The van der Waals surface area contributed by atoms with Crippen molar-refractivity contribution in [3.8, 4) is 0 Å². The smallest absolute Gasteiger partial charge is 0.336 e. The first kappa shape index (κ1) is 20.4. The number of benzene rings is 2. The molecule has 30 heavy (non-hydrogen) atoms. The Bertz CT molecular complexity index is 1370. The lowest BCUT2D eigenvalue weighted by molar-refractivity contribution is 0.468. The molecule has 1 atom stereocenters. The van der Waals surface area contributed by atoms with E-state index < -0.39 is 0 Å². The molecule has 0 fully saturated rings. The predicted octanol–water partition coefficient (Wildman–Crippen LogP) is 5.38. The van der Waals surface area contributed by atoms with E-state index in [1.165, 1.54) is 17.8 Å². The van der Waals surface area contributed by atoms with Crippen LogP contribution >= 0.6 is 11.8 Å². The Labute approximate surface area is 178 Å². The van der Waals surface area contributed by atoms with Crippen molar-refractivity contribution < 1.29 is 4.42 Å². The molecule has 5 nitrogen and oxygen atoms in total. The molecule has 0 unspecified atom stereocenters. The fourth-order valence-corrected chi connectivity index (χ4v) is 4.67. The van der Waals surface area contributed by atoms with Crippen LogP contribution in [0.2, 0.25) is 0 Å². The molecule has 2 aromatic heterocycles. The molecule has 6 heteroatoms. The molecule has 0 radical (unpaired) electrons. The van der Waals surface area contributed by atoms with Crippen molar-refractivity contribution in [2.75, 3.05) is 0 Å². The molecule has 0 spiro atoms. The molecule has 154 valence electrons. The second-order valence-electron chi connectivity index (χ2n) is 7.61. The third-order valence-corrected chi connectivity index (χ3v) is 6.68. The van der Waals surface area contributed by atoms with Crippen LogP contribution in [0.15, 0.2) is 61.6 Å². The van der Waals surface area contributed by atoms with Crippen molar-refractivity contribution in [2.24, 2.45) is 0 Å². The number of rotatable bonds is 5. The molecule has 0 amide bonds. The van der Waals surface area contributed by atoms with Crippen LogP contribution in [-0.4, -0.2) is 9.55 Å². The van der Waals surface area contributed by atoms with Gasteiger partial charge in [-0.1, -0.05) is 43.0 Å². The fraction of sp³-hybridized carbons (Fsp3) is 0.292. The fourth-order valence-electron chi connectivity index (χ4n) is 3.58. The van der Waals surface area contributed by atoms with E-state index in [4.69, 9.17) is 9.40 Å². The minimum atomic E-state index is -0.363. The Kier molecular flexibility index (Phi) is 5.52. The summed E-state index contributed by atoms with van der Waals surface area (Å²) in [7, 11) is 0. The van der Waals surface area contributed by atoms with E-state index in [1.807, 2.05) is 57.2 Å². The van der Waals surface area contributed by atoms with Gasteiger partial charge in [0.05, 0.1) is 10.9 Å². The zero-order chi connectivity index (χ0) is 21.4. The van der Waals surface area contributed by atoms with Crippen LogP contribution in [0.4, 0.5) is 0 Å². The number of aromatic nitrogens is 2. The van der Waals surface area contributed by atoms with Gasteiger partial charge in [0.15, 0.2) is 5.16 Å². The van der Waals surface area contributed by atoms with Crippen molar-refractivity contribution in [3.63, 3.8) is 0 Å². The molecule has 0 saturated heterocycles. The largest absolute Gasteiger partial charge is 0.422 e. The first-order chi connectivity index (χ1) is 14.4. The van der Waals surface area contributed by atoms with Crippen LogP contribution in [0.5, 0.6) is 0 Å². The van der Waals surface area contributed by atoms with Crippen LogP contribution in [0, 0.1) is 13.8 Å². The van der Waals surface area contributed by atoms with Crippen LogP contribution in [0.1, 0.15) is 43.0 Å². The third-order valence-electron chi connectivity index (χ3n) is 5.68. The monoisotopic (exact) mass is 420 g/mol. The highest BCUT2D eigenvalue weighted by atomic mass is 32.2. The van der Waals surface area contributed by atoms with E-state index in [0.29, 0.717) is 27.4 Å². The maximum absolute atomic E-state index is 13.2. The number of para-hydroxylation sites is 1. The molecule has 0 aliphatic rings. The molecule has 2 heterocycles. The molecular formula is C24H24N2O3S. The van der Waals surface area contributed by atoms with Crippen molar-refractivity contribution in [2.45, 2.75) is 51.1 Å². The predicted molar refractivity (Wildman–Crippen MR) is 123 cm³/mol. The van der Waals surface area contributed by atoms with Gasteiger partial charge in [0.1, 0.15) is 5.58 Å². The first-order valence-corrected chi connectivity index (χ1v) is 11.1. The molecular weight excluding hydrogens is 396 g/mol. The third kappa shape index (κ3) is 3.56. The molecule has 0 aliphatic heterocycles. The summed E-state index contributed by atoms with van der Waals surface area (Å²) in [6, 6.07) is 13.0. The van der Waals surface area contributed by atoms with Crippen LogP contribution in [0.3, 0.4) is 0 Å². The molecule has 2 aromatic carbocycles. The van der Waals surface area contributed by atoms with E-state index in [2.05, 4.69) is 6.92 Å². The second kappa shape index (κ2) is 8.11. The standard InChI is InChI=1S/C24H24N2O3S/c1-5-15(3)26-23(28)19-8-6-7-9-20(19)25-24(26)30-13-17-12-21(27)29-22-16(4)14(2)10-11-18(17)22/h6-12,15H,5,13H2,1-4H3/t15-/m0/s1. The number of hydrogen-bond acceptors (Lipinski definition) is 5. The zero-order valence-electron chi connectivity index (χ0n) is 17.6. The Hall–Kier alpha value is -2.86. The SMILES string of the molecule is CC[C@H](C)n1c(SCc2cc(=O)oc3c(C)c(C)ccc23)nc2ccccc2c1=O. The molecule has 0 N–H and O–H groups in total. The normalized spacial score (nSPS) is 12.5. The van der Waals surface area contributed by atoms with Crippen molar-refractivity contribution in [3.05, 3.63) is 79.9 Å². The minimum absolute atomic E-state index is 0.0265. The number of fused-ring (bicyclic) bond motifs is 2. The van der Waals surface area contributed by atoms with Crippen molar-refractivity contribution >= 4 is 33.6 Å². The average molecular weight is 421 g/mol. The van der Waals surface area contributed by atoms with Gasteiger partial charge in [0.25, 0.3) is 5.56 Å². The van der Waals surface area contributed by atoms with Gasteiger partial charge in [-0.15, -0.1) is 0 Å². The summed E-state index contributed by atoms with van der Waals surface area (Å²) in [6.07, 6.45) is 0.823. The van der Waals surface area contributed by atoms with Gasteiger partial charge in [0, 0.05) is 23.2 Å². The average Bonchev–Trinajstić information content (AvgIpc) is 2.74. The van der Waals surface area contributed by atoms with Crippen LogP contribution in [-0.2, 0) is 5.75 Å². The molecule has 0 aliphatic carbocycles. The Balaban J connectivity index is 1.82. The van der Waals surface area contributed by atoms with Crippen LogP contribution in [0.25, 0.3) is 21.9 Å². The van der Waals surface area contributed by atoms with Gasteiger partial charge >= 0.3 is 5.63 Å². The summed E-state index contributed by atoms with van der Waals surface area (Å²) < 4.78 is 7.26. The molecule has 0 bridgehead atoms.